The van der Waals surface area contributed by atoms with E-state index in [4.69, 9.17) is 4.74 Å². The SMILES string of the molecule is CC(C)(C)c1cc(-[n+]2[c-]n(-c3[c-]c(Oc4[c-]c5c(cc4)c4ccccc4n5-c4ccccn4)ccc3)cc2)cc(C(C)(C)C)c1.[Pt]. The van der Waals surface area contributed by atoms with Crippen molar-refractivity contribution < 1.29 is 30.4 Å². The normalized spacial score (nSPS) is 12.0. The summed E-state index contributed by atoms with van der Waals surface area (Å²) in [6.45, 7) is 13.5. The fourth-order valence-electron chi connectivity index (χ4n) is 5.62. The van der Waals surface area contributed by atoms with Crippen LogP contribution in [0.15, 0.2) is 110 Å². The molecule has 46 heavy (non-hydrogen) atoms. The summed E-state index contributed by atoms with van der Waals surface area (Å²) in [4.78, 5) is 4.63. The van der Waals surface area contributed by atoms with Gasteiger partial charge in [-0.05, 0) is 63.4 Å². The minimum absolute atomic E-state index is 0. The second-order valence-electron chi connectivity index (χ2n) is 13.5. The topological polar surface area (TPSA) is 35.9 Å². The Bertz CT molecular complexity index is 2130. The van der Waals surface area contributed by atoms with Gasteiger partial charge in [-0.15, -0.1) is 29.7 Å². The summed E-state index contributed by atoms with van der Waals surface area (Å²) in [5.74, 6) is 2.04. The van der Waals surface area contributed by atoms with Gasteiger partial charge in [0.25, 0.3) is 6.33 Å². The van der Waals surface area contributed by atoms with Gasteiger partial charge < -0.3 is 13.9 Å². The van der Waals surface area contributed by atoms with Gasteiger partial charge in [-0.3, -0.25) is 4.57 Å². The standard InChI is InChI=1S/C40H36N4O.Pt/c1-39(2,3)28-22-29(40(4,5)6)24-31(23-28)43-21-20-42(27-43)30-12-11-13-32(25-30)45-33-17-18-35-34-14-7-8-15-36(34)44(37(35)26-33)38-16-9-10-19-41-38;/h7-24H,1-6H3;/q-2;. The van der Waals surface area contributed by atoms with Gasteiger partial charge in [0.05, 0.1) is 5.69 Å². The molecule has 0 fully saturated rings. The van der Waals surface area contributed by atoms with Crippen LogP contribution in [-0.4, -0.2) is 14.1 Å². The molecule has 234 valence electrons. The molecular weight excluding hydrogens is 748 g/mol. The summed E-state index contributed by atoms with van der Waals surface area (Å²) in [5, 5.41) is 2.24. The number of benzene rings is 4. The van der Waals surface area contributed by atoms with E-state index in [0.717, 1.165) is 39.0 Å². The molecule has 0 aliphatic rings. The van der Waals surface area contributed by atoms with E-state index in [2.05, 4.69) is 112 Å². The number of hydrogen-bond acceptors (Lipinski definition) is 2. The van der Waals surface area contributed by atoms with Gasteiger partial charge in [0.1, 0.15) is 5.82 Å². The van der Waals surface area contributed by atoms with Crippen molar-refractivity contribution in [1.82, 2.24) is 14.1 Å². The van der Waals surface area contributed by atoms with E-state index in [-0.39, 0.29) is 31.9 Å². The Labute approximate surface area is 285 Å². The monoisotopic (exact) mass is 783 g/mol. The molecule has 6 heteroatoms. The molecule has 4 aromatic carbocycles. The molecule has 7 aromatic rings. The summed E-state index contributed by atoms with van der Waals surface area (Å²) >= 11 is 0. The van der Waals surface area contributed by atoms with Crippen molar-refractivity contribution in [3.8, 4) is 28.7 Å². The molecule has 3 aromatic heterocycles. The van der Waals surface area contributed by atoms with Gasteiger partial charge in [0.15, 0.2) is 0 Å². The maximum atomic E-state index is 6.35. The number of fused-ring (bicyclic) bond motifs is 3. The zero-order valence-corrected chi connectivity index (χ0v) is 29.2. The number of aromatic nitrogens is 4. The molecule has 0 saturated carbocycles. The van der Waals surface area contributed by atoms with Gasteiger partial charge in [0.2, 0.25) is 0 Å². The molecule has 7 rings (SSSR count). The van der Waals surface area contributed by atoms with Crippen LogP contribution in [0.2, 0.25) is 0 Å². The zero-order chi connectivity index (χ0) is 31.3. The molecule has 0 radical (unpaired) electrons. The average Bonchev–Trinajstić information content (AvgIpc) is 3.64. The number of para-hydroxylation sites is 1. The first-order chi connectivity index (χ1) is 21.5. The molecule has 0 aliphatic heterocycles. The van der Waals surface area contributed by atoms with Crippen molar-refractivity contribution in [2.75, 3.05) is 0 Å². The number of ether oxygens (including phenoxy) is 1. The van der Waals surface area contributed by atoms with E-state index in [1.807, 2.05) is 76.3 Å². The molecule has 0 bridgehead atoms. The minimum atomic E-state index is 0. The van der Waals surface area contributed by atoms with Gasteiger partial charge in [0, 0.05) is 56.7 Å². The molecular formula is C40H36N4OPt-2. The van der Waals surface area contributed by atoms with Crippen molar-refractivity contribution in [2.45, 2.75) is 52.4 Å². The Balaban J connectivity index is 0.00000372. The van der Waals surface area contributed by atoms with Crippen molar-refractivity contribution in [3.05, 3.63) is 139 Å². The average molecular weight is 784 g/mol. The molecule has 0 aliphatic carbocycles. The van der Waals surface area contributed by atoms with Crippen molar-refractivity contribution in [1.29, 1.82) is 0 Å². The predicted octanol–water partition coefficient (Wildman–Crippen LogP) is 9.03. The smallest absolute Gasteiger partial charge is 0.267 e. The third-order valence-corrected chi connectivity index (χ3v) is 8.18. The van der Waals surface area contributed by atoms with Crippen LogP contribution in [0.25, 0.3) is 39.0 Å². The number of imidazole rings is 1. The third kappa shape index (κ3) is 6.04. The summed E-state index contributed by atoms with van der Waals surface area (Å²) in [6, 6.07) is 38.0. The number of nitrogens with zero attached hydrogens (tertiary/aromatic N) is 4. The zero-order valence-electron chi connectivity index (χ0n) is 26.9. The third-order valence-electron chi connectivity index (χ3n) is 8.18. The van der Waals surface area contributed by atoms with E-state index >= 15 is 0 Å². The van der Waals surface area contributed by atoms with Gasteiger partial charge >= 0.3 is 0 Å². The Morgan fingerprint density at radius 1 is 0.717 bits per heavy atom. The molecule has 3 heterocycles. The van der Waals surface area contributed by atoms with E-state index < -0.39 is 0 Å². The van der Waals surface area contributed by atoms with Crippen molar-refractivity contribution in [3.63, 3.8) is 0 Å². The van der Waals surface area contributed by atoms with Gasteiger partial charge in [-0.2, -0.15) is 18.2 Å². The first-order valence-electron chi connectivity index (χ1n) is 15.3. The minimum Gasteiger partial charge on any atom is -0.510 e. The molecule has 0 saturated heterocycles. The summed E-state index contributed by atoms with van der Waals surface area (Å²) < 4.78 is 12.5. The Hall–Kier alpha value is -4.47. The summed E-state index contributed by atoms with van der Waals surface area (Å²) in [7, 11) is 0. The number of rotatable bonds is 5. The maximum Gasteiger partial charge on any atom is 0.267 e. The second-order valence-corrected chi connectivity index (χ2v) is 13.5. The van der Waals surface area contributed by atoms with Crippen molar-refractivity contribution >= 4 is 21.8 Å². The second kappa shape index (κ2) is 12.0. The van der Waals surface area contributed by atoms with E-state index in [0.29, 0.717) is 11.5 Å². The Morgan fingerprint density at radius 3 is 2.15 bits per heavy atom. The van der Waals surface area contributed by atoms with Crippen LogP contribution in [0.4, 0.5) is 0 Å². The molecule has 0 N–H and O–H groups in total. The van der Waals surface area contributed by atoms with Crippen LogP contribution in [0, 0.1) is 18.5 Å². The van der Waals surface area contributed by atoms with Crippen molar-refractivity contribution in [2.24, 2.45) is 0 Å². The fraction of sp³-hybridized carbons (Fsp3) is 0.200. The van der Waals surface area contributed by atoms with Crippen LogP contribution in [-0.2, 0) is 31.9 Å². The van der Waals surface area contributed by atoms with Gasteiger partial charge in [-0.1, -0.05) is 77.4 Å². The summed E-state index contributed by atoms with van der Waals surface area (Å²) in [6.07, 6.45) is 9.33. The Kier molecular flexibility index (Phi) is 8.25. The molecule has 0 amide bonds. The van der Waals surface area contributed by atoms with Crippen LogP contribution >= 0.6 is 0 Å². The van der Waals surface area contributed by atoms with Crippen LogP contribution in [0.5, 0.6) is 11.5 Å². The largest absolute Gasteiger partial charge is 0.510 e. The quantitative estimate of drug-likeness (QED) is 0.129. The van der Waals surface area contributed by atoms with E-state index in [1.165, 1.54) is 11.1 Å². The maximum absolute atomic E-state index is 6.35. The molecule has 0 unspecified atom stereocenters. The number of pyridine rings is 1. The first kappa shape index (κ1) is 31.5. The summed E-state index contributed by atoms with van der Waals surface area (Å²) in [5.41, 5.74) is 6.58. The molecule has 0 spiro atoms. The van der Waals surface area contributed by atoms with Gasteiger partial charge in [-0.25, -0.2) is 4.98 Å². The van der Waals surface area contributed by atoms with E-state index in [9.17, 15) is 0 Å². The molecule has 0 atom stereocenters. The molecule has 5 nitrogen and oxygen atoms in total. The fourth-order valence-corrected chi connectivity index (χ4v) is 5.62. The van der Waals surface area contributed by atoms with Crippen LogP contribution in [0.1, 0.15) is 52.7 Å². The first-order valence-corrected chi connectivity index (χ1v) is 15.3. The van der Waals surface area contributed by atoms with Crippen LogP contribution in [0.3, 0.4) is 0 Å². The van der Waals surface area contributed by atoms with E-state index in [1.54, 1.807) is 0 Å². The van der Waals surface area contributed by atoms with Crippen LogP contribution < -0.4 is 9.30 Å². The Morgan fingerprint density at radius 2 is 1.43 bits per heavy atom. The predicted molar refractivity (Wildman–Crippen MR) is 180 cm³/mol. The number of hydrogen-bond donors (Lipinski definition) is 0.